The number of aryl methyl sites for hydroxylation is 2. The van der Waals surface area contributed by atoms with Gasteiger partial charge in [-0.2, -0.15) is 0 Å². The highest BCUT2D eigenvalue weighted by Gasteiger charge is 2.13. The molecule has 0 saturated heterocycles. The van der Waals surface area contributed by atoms with Gasteiger partial charge in [0.1, 0.15) is 5.75 Å². The second-order valence-electron chi connectivity index (χ2n) is 6.94. The summed E-state index contributed by atoms with van der Waals surface area (Å²) in [6.45, 7) is 5.73. The fourth-order valence-electron chi connectivity index (χ4n) is 2.80. The third-order valence-electron chi connectivity index (χ3n) is 4.29. The van der Waals surface area contributed by atoms with Gasteiger partial charge in [-0.15, -0.1) is 0 Å². The van der Waals surface area contributed by atoms with Crippen LogP contribution in [0.4, 0.5) is 0 Å². The molecule has 0 aliphatic rings. The number of aliphatic carboxylic acids is 1. The molecule has 0 saturated carbocycles. The largest absolute Gasteiger partial charge is 0.543 e. The molecule has 9 heteroatoms. The first-order valence-electron chi connectivity index (χ1n) is 9.79. The molecule has 0 aliphatic heterocycles. The number of hydrogen-bond donors (Lipinski definition) is 1. The number of hydrogen-bond acceptors (Lipinski definition) is 6. The zero-order valence-corrected chi connectivity index (χ0v) is 20.6. The van der Waals surface area contributed by atoms with E-state index in [1.54, 1.807) is 24.3 Å². The Hall–Kier alpha value is -2.71. The molecule has 2 aromatic carbocycles. The maximum Gasteiger partial charge on any atom is 0.262 e. The normalized spacial score (nSPS) is 11.1. The number of carbonyl (C=O) groups is 2. The molecule has 0 aromatic heterocycles. The summed E-state index contributed by atoms with van der Waals surface area (Å²) in [5.41, 5.74) is 1.66. The van der Waals surface area contributed by atoms with Crippen LogP contribution in [0.1, 0.15) is 30.0 Å². The third kappa shape index (κ3) is 6.90. The van der Waals surface area contributed by atoms with Gasteiger partial charge in [-0.25, -0.2) is 0 Å². The summed E-state index contributed by atoms with van der Waals surface area (Å²) >= 11 is 9.53. The zero-order valence-electron chi connectivity index (χ0n) is 18.2. The van der Waals surface area contributed by atoms with Crippen molar-refractivity contribution in [2.75, 3.05) is 20.3 Å². The fourth-order valence-corrected chi connectivity index (χ4v) is 3.49. The summed E-state index contributed by atoms with van der Waals surface area (Å²) in [5, 5.41) is 14.5. The van der Waals surface area contributed by atoms with Gasteiger partial charge in [-0.05, 0) is 83.2 Å². The lowest BCUT2D eigenvalue weighted by Crippen LogP contribution is -2.37. The van der Waals surface area contributed by atoms with E-state index in [2.05, 4.69) is 21.2 Å². The number of halogens is 2. The first kappa shape index (κ1) is 25.5. The Morgan fingerprint density at radius 2 is 1.81 bits per heavy atom. The second kappa shape index (κ2) is 11.8. The summed E-state index contributed by atoms with van der Waals surface area (Å²) in [4.78, 5) is 23.8. The fraction of sp³-hybridized carbons (Fsp3) is 0.304. The van der Waals surface area contributed by atoms with Crippen molar-refractivity contribution >= 4 is 45.5 Å². The van der Waals surface area contributed by atoms with E-state index in [-0.39, 0.29) is 6.61 Å². The summed E-state index contributed by atoms with van der Waals surface area (Å²) in [6, 6.07) is 6.65. The smallest absolute Gasteiger partial charge is 0.262 e. The SMILES string of the molecule is CCCOc1c(Br)cc(/C=C(/NC(=O)COc2cc(C)c(Cl)c(C)c2)C(=O)[O-])cc1OC. The van der Waals surface area contributed by atoms with Crippen molar-refractivity contribution in [2.45, 2.75) is 27.2 Å². The molecular formula is C23H24BrClNO6-. The quantitative estimate of drug-likeness (QED) is 0.474. The van der Waals surface area contributed by atoms with Crippen LogP contribution in [0.15, 0.2) is 34.4 Å². The van der Waals surface area contributed by atoms with Crippen LogP contribution in [0.25, 0.3) is 6.08 Å². The van der Waals surface area contributed by atoms with Crippen molar-refractivity contribution < 1.29 is 28.9 Å². The summed E-state index contributed by atoms with van der Waals surface area (Å²) in [6.07, 6.45) is 2.08. The van der Waals surface area contributed by atoms with Gasteiger partial charge in [0.2, 0.25) is 0 Å². The van der Waals surface area contributed by atoms with Gasteiger partial charge in [0.25, 0.3) is 5.91 Å². The first-order valence-corrected chi connectivity index (χ1v) is 11.0. The molecule has 1 amide bonds. The predicted octanol–water partition coefficient (Wildman–Crippen LogP) is 3.80. The van der Waals surface area contributed by atoms with Gasteiger partial charge in [-0.3, -0.25) is 4.79 Å². The van der Waals surface area contributed by atoms with E-state index >= 15 is 0 Å². The van der Waals surface area contributed by atoms with Crippen molar-refractivity contribution in [1.82, 2.24) is 5.32 Å². The minimum atomic E-state index is -1.54. The van der Waals surface area contributed by atoms with Crippen LogP contribution < -0.4 is 24.6 Å². The van der Waals surface area contributed by atoms with Gasteiger partial charge in [0.15, 0.2) is 18.1 Å². The highest BCUT2D eigenvalue weighted by atomic mass is 79.9. The van der Waals surface area contributed by atoms with Crippen molar-refractivity contribution in [3.8, 4) is 17.2 Å². The lowest BCUT2D eigenvalue weighted by molar-refractivity contribution is -0.299. The molecule has 32 heavy (non-hydrogen) atoms. The lowest BCUT2D eigenvalue weighted by atomic mass is 10.1. The topological polar surface area (TPSA) is 96.9 Å². The molecule has 0 fully saturated rings. The molecular weight excluding hydrogens is 502 g/mol. The average Bonchev–Trinajstić information content (AvgIpc) is 2.74. The standard InChI is InChI=1S/C23H25BrClNO6/c1-5-6-31-22-17(24)9-15(11-19(22)30-4)10-18(23(28)29)26-20(27)12-32-16-7-13(2)21(25)14(3)8-16/h7-11H,5-6,12H2,1-4H3,(H,26,27)(H,28,29)/p-1/b18-10+. The van der Waals surface area contributed by atoms with Gasteiger partial charge >= 0.3 is 0 Å². The summed E-state index contributed by atoms with van der Waals surface area (Å²) in [7, 11) is 1.48. The molecule has 172 valence electrons. The van der Waals surface area contributed by atoms with Crippen LogP contribution in [0.5, 0.6) is 17.2 Å². The Morgan fingerprint density at radius 3 is 2.38 bits per heavy atom. The molecule has 0 atom stereocenters. The Morgan fingerprint density at radius 1 is 1.16 bits per heavy atom. The minimum absolute atomic E-state index is 0.387. The number of methoxy groups -OCH3 is 1. The molecule has 2 aromatic rings. The molecule has 7 nitrogen and oxygen atoms in total. The maximum atomic E-state index is 12.3. The van der Waals surface area contributed by atoms with Crippen LogP contribution in [-0.2, 0) is 9.59 Å². The van der Waals surface area contributed by atoms with Crippen LogP contribution >= 0.6 is 27.5 Å². The molecule has 0 unspecified atom stereocenters. The third-order valence-corrected chi connectivity index (χ3v) is 5.47. The van der Waals surface area contributed by atoms with Crippen LogP contribution in [0.2, 0.25) is 5.02 Å². The highest BCUT2D eigenvalue weighted by Crippen LogP contribution is 2.37. The number of carboxylic acid groups (broad SMARTS) is 1. The highest BCUT2D eigenvalue weighted by molar-refractivity contribution is 9.10. The zero-order chi connectivity index (χ0) is 23.8. The number of nitrogens with one attached hydrogen (secondary N) is 1. The Labute approximate surface area is 200 Å². The van der Waals surface area contributed by atoms with Gasteiger partial charge < -0.3 is 29.4 Å². The van der Waals surface area contributed by atoms with Crippen LogP contribution in [0, 0.1) is 13.8 Å². The molecule has 0 spiro atoms. The molecule has 0 aliphatic carbocycles. The lowest BCUT2D eigenvalue weighted by Gasteiger charge is -2.15. The van der Waals surface area contributed by atoms with Crippen molar-refractivity contribution in [3.05, 3.63) is 56.1 Å². The van der Waals surface area contributed by atoms with Crippen LogP contribution in [0.3, 0.4) is 0 Å². The van der Waals surface area contributed by atoms with E-state index in [1.165, 1.54) is 13.2 Å². The number of benzene rings is 2. The number of amides is 1. The van der Waals surface area contributed by atoms with Gasteiger partial charge in [0.05, 0.1) is 29.9 Å². The van der Waals surface area contributed by atoms with E-state index < -0.39 is 17.6 Å². The molecule has 0 bridgehead atoms. The monoisotopic (exact) mass is 524 g/mol. The van der Waals surface area contributed by atoms with E-state index in [9.17, 15) is 14.7 Å². The Balaban J connectivity index is 2.17. The van der Waals surface area contributed by atoms with E-state index in [4.69, 9.17) is 25.8 Å². The summed E-state index contributed by atoms with van der Waals surface area (Å²) in [5.74, 6) is -0.820. The van der Waals surface area contributed by atoms with Crippen molar-refractivity contribution in [3.63, 3.8) is 0 Å². The van der Waals surface area contributed by atoms with Crippen LogP contribution in [-0.4, -0.2) is 32.2 Å². The predicted molar refractivity (Wildman–Crippen MR) is 124 cm³/mol. The van der Waals surface area contributed by atoms with Gasteiger partial charge in [-0.1, -0.05) is 18.5 Å². The van der Waals surface area contributed by atoms with Crippen molar-refractivity contribution in [1.29, 1.82) is 0 Å². The number of carbonyl (C=O) groups excluding carboxylic acids is 2. The number of ether oxygens (including phenoxy) is 3. The average molecular weight is 526 g/mol. The molecule has 2 rings (SSSR count). The van der Waals surface area contributed by atoms with E-state index in [0.717, 1.165) is 17.5 Å². The molecule has 0 radical (unpaired) electrons. The van der Waals surface area contributed by atoms with Crippen molar-refractivity contribution in [2.24, 2.45) is 0 Å². The first-order chi connectivity index (χ1) is 15.2. The van der Waals surface area contributed by atoms with E-state index in [1.807, 2.05) is 20.8 Å². The van der Waals surface area contributed by atoms with Gasteiger partial charge in [0, 0.05) is 5.02 Å². The molecule has 1 N–H and O–H groups in total. The second-order valence-corrected chi connectivity index (χ2v) is 8.17. The Bertz CT molecular complexity index is 1010. The summed E-state index contributed by atoms with van der Waals surface area (Å²) < 4.78 is 17.1. The Kier molecular flexibility index (Phi) is 9.41. The van der Waals surface area contributed by atoms with E-state index in [0.29, 0.717) is 38.9 Å². The number of carboxylic acids is 1. The minimum Gasteiger partial charge on any atom is -0.543 e. The number of rotatable bonds is 10. The molecule has 0 heterocycles. The maximum absolute atomic E-state index is 12.3.